The fourth-order valence-corrected chi connectivity index (χ4v) is 3.05. The average molecular weight is 207 g/mol. The number of allylic oxidation sites excluding steroid dienone is 1. The third kappa shape index (κ3) is 3.34. The van der Waals surface area contributed by atoms with Crippen molar-refractivity contribution in [3.8, 4) is 0 Å². The highest BCUT2D eigenvalue weighted by atomic mass is 14.9. The van der Waals surface area contributed by atoms with Gasteiger partial charge < -0.3 is 5.32 Å². The van der Waals surface area contributed by atoms with Crippen LogP contribution in [-0.2, 0) is 0 Å². The Bertz CT molecular complexity index is 213. The first-order chi connectivity index (χ1) is 7.36. The van der Waals surface area contributed by atoms with Gasteiger partial charge >= 0.3 is 0 Å². The monoisotopic (exact) mass is 207 g/mol. The van der Waals surface area contributed by atoms with Gasteiger partial charge in [-0.3, -0.25) is 0 Å². The number of nitrogens with one attached hydrogen (secondary N) is 1. The SMILES string of the molecule is CC(NCCC1=CCCC1)C1CCCC1. The van der Waals surface area contributed by atoms with Crippen molar-refractivity contribution >= 4 is 0 Å². The van der Waals surface area contributed by atoms with Gasteiger partial charge in [-0.2, -0.15) is 0 Å². The van der Waals surface area contributed by atoms with Crippen molar-refractivity contribution in [2.75, 3.05) is 6.54 Å². The molecule has 2 rings (SSSR count). The smallest absolute Gasteiger partial charge is 0.00671 e. The average Bonchev–Trinajstić information content (AvgIpc) is 2.90. The summed E-state index contributed by atoms with van der Waals surface area (Å²) in [6.07, 6.45) is 13.6. The van der Waals surface area contributed by atoms with Crippen molar-refractivity contribution in [1.82, 2.24) is 5.32 Å². The van der Waals surface area contributed by atoms with Gasteiger partial charge in [-0.1, -0.05) is 24.5 Å². The van der Waals surface area contributed by atoms with Crippen molar-refractivity contribution in [1.29, 1.82) is 0 Å². The minimum absolute atomic E-state index is 0.745. The maximum atomic E-state index is 3.71. The molecule has 86 valence electrons. The standard InChI is InChI=1S/C14H25N/c1-12(14-8-4-5-9-14)15-11-10-13-6-2-3-7-13/h6,12,14-15H,2-5,7-11H2,1H3. The molecule has 1 fully saturated rings. The van der Waals surface area contributed by atoms with Crippen LogP contribution in [-0.4, -0.2) is 12.6 Å². The summed E-state index contributed by atoms with van der Waals surface area (Å²) in [6.45, 7) is 3.57. The van der Waals surface area contributed by atoms with Crippen LogP contribution in [0.15, 0.2) is 11.6 Å². The molecule has 0 saturated heterocycles. The first-order valence-electron chi connectivity index (χ1n) is 6.77. The molecule has 0 amide bonds. The molecule has 0 aromatic heterocycles. The van der Waals surface area contributed by atoms with Crippen LogP contribution in [0.5, 0.6) is 0 Å². The Morgan fingerprint density at radius 3 is 2.80 bits per heavy atom. The van der Waals surface area contributed by atoms with E-state index < -0.39 is 0 Å². The predicted octanol–water partition coefficient (Wildman–Crippen LogP) is 3.66. The minimum atomic E-state index is 0.745. The fourth-order valence-electron chi connectivity index (χ4n) is 3.05. The van der Waals surface area contributed by atoms with E-state index in [1.54, 1.807) is 5.57 Å². The van der Waals surface area contributed by atoms with Crippen molar-refractivity contribution in [2.45, 2.75) is 64.3 Å². The second-order valence-electron chi connectivity index (χ2n) is 5.29. The van der Waals surface area contributed by atoms with E-state index in [1.165, 1.54) is 57.9 Å². The third-order valence-electron chi connectivity index (χ3n) is 4.15. The minimum Gasteiger partial charge on any atom is -0.314 e. The van der Waals surface area contributed by atoms with Gasteiger partial charge in [0.25, 0.3) is 0 Å². The predicted molar refractivity (Wildman–Crippen MR) is 66.0 cm³/mol. The maximum absolute atomic E-state index is 3.71. The molecule has 1 unspecified atom stereocenters. The number of hydrogen-bond donors (Lipinski definition) is 1. The molecule has 15 heavy (non-hydrogen) atoms. The van der Waals surface area contributed by atoms with Crippen molar-refractivity contribution in [2.24, 2.45) is 5.92 Å². The van der Waals surface area contributed by atoms with Crippen LogP contribution >= 0.6 is 0 Å². The van der Waals surface area contributed by atoms with Gasteiger partial charge in [0.05, 0.1) is 0 Å². The Kier molecular flexibility index (Phi) is 4.25. The van der Waals surface area contributed by atoms with Gasteiger partial charge in [-0.05, 0) is 57.9 Å². The van der Waals surface area contributed by atoms with Gasteiger partial charge in [0, 0.05) is 6.04 Å². The van der Waals surface area contributed by atoms with E-state index >= 15 is 0 Å². The van der Waals surface area contributed by atoms with Crippen LogP contribution in [0.25, 0.3) is 0 Å². The quantitative estimate of drug-likeness (QED) is 0.678. The zero-order valence-corrected chi connectivity index (χ0v) is 10.1. The summed E-state index contributed by atoms with van der Waals surface area (Å²) in [5, 5.41) is 3.71. The molecule has 0 bridgehead atoms. The zero-order valence-electron chi connectivity index (χ0n) is 10.1. The third-order valence-corrected chi connectivity index (χ3v) is 4.15. The highest BCUT2D eigenvalue weighted by Crippen LogP contribution is 2.27. The van der Waals surface area contributed by atoms with Gasteiger partial charge in [0.1, 0.15) is 0 Å². The molecular formula is C14H25N. The molecule has 2 aliphatic rings. The molecule has 2 aliphatic carbocycles. The largest absolute Gasteiger partial charge is 0.314 e. The molecule has 1 nitrogen and oxygen atoms in total. The molecule has 0 heterocycles. The lowest BCUT2D eigenvalue weighted by Crippen LogP contribution is -2.33. The van der Waals surface area contributed by atoms with Gasteiger partial charge in [0.15, 0.2) is 0 Å². The number of rotatable bonds is 5. The second-order valence-corrected chi connectivity index (χ2v) is 5.29. The van der Waals surface area contributed by atoms with Crippen molar-refractivity contribution in [3.05, 3.63) is 11.6 Å². The highest BCUT2D eigenvalue weighted by Gasteiger charge is 2.20. The van der Waals surface area contributed by atoms with E-state index in [0.29, 0.717) is 0 Å². The lowest BCUT2D eigenvalue weighted by Gasteiger charge is -2.20. The summed E-state index contributed by atoms with van der Waals surface area (Å²) in [5.41, 5.74) is 1.70. The summed E-state index contributed by atoms with van der Waals surface area (Å²) in [7, 11) is 0. The molecule has 1 N–H and O–H groups in total. The summed E-state index contributed by atoms with van der Waals surface area (Å²) >= 11 is 0. The first kappa shape index (κ1) is 11.2. The van der Waals surface area contributed by atoms with E-state index in [0.717, 1.165) is 12.0 Å². The molecule has 0 aliphatic heterocycles. The van der Waals surface area contributed by atoms with Crippen LogP contribution in [0, 0.1) is 5.92 Å². The Morgan fingerprint density at radius 2 is 2.13 bits per heavy atom. The Balaban J connectivity index is 1.60. The molecule has 0 aromatic rings. The van der Waals surface area contributed by atoms with E-state index in [2.05, 4.69) is 18.3 Å². The Labute approximate surface area is 94.3 Å². The fraction of sp³-hybridized carbons (Fsp3) is 0.857. The topological polar surface area (TPSA) is 12.0 Å². The van der Waals surface area contributed by atoms with Crippen LogP contribution in [0.3, 0.4) is 0 Å². The lowest BCUT2D eigenvalue weighted by molar-refractivity contribution is 0.383. The van der Waals surface area contributed by atoms with E-state index in [4.69, 9.17) is 0 Å². The lowest BCUT2D eigenvalue weighted by atomic mass is 9.99. The molecular weight excluding hydrogens is 182 g/mol. The van der Waals surface area contributed by atoms with E-state index in [9.17, 15) is 0 Å². The van der Waals surface area contributed by atoms with E-state index in [-0.39, 0.29) is 0 Å². The Hall–Kier alpha value is -0.300. The summed E-state index contributed by atoms with van der Waals surface area (Å²) in [5.74, 6) is 0.961. The van der Waals surface area contributed by atoms with Crippen LogP contribution < -0.4 is 5.32 Å². The molecule has 1 heteroatoms. The number of hydrogen-bond acceptors (Lipinski definition) is 1. The second kappa shape index (κ2) is 5.69. The first-order valence-corrected chi connectivity index (χ1v) is 6.77. The summed E-state index contributed by atoms with van der Waals surface area (Å²) in [6, 6.07) is 0.745. The van der Waals surface area contributed by atoms with Gasteiger partial charge in [-0.25, -0.2) is 0 Å². The highest BCUT2D eigenvalue weighted by molar-refractivity contribution is 5.07. The molecule has 1 atom stereocenters. The molecule has 0 spiro atoms. The van der Waals surface area contributed by atoms with E-state index in [1.807, 2.05) is 0 Å². The van der Waals surface area contributed by atoms with Gasteiger partial charge in [0.2, 0.25) is 0 Å². The van der Waals surface area contributed by atoms with Gasteiger partial charge in [-0.15, -0.1) is 0 Å². The summed E-state index contributed by atoms with van der Waals surface area (Å²) < 4.78 is 0. The molecule has 0 radical (unpaired) electrons. The zero-order chi connectivity index (χ0) is 10.5. The van der Waals surface area contributed by atoms with Crippen LogP contribution in [0.2, 0.25) is 0 Å². The summed E-state index contributed by atoms with van der Waals surface area (Å²) in [4.78, 5) is 0. The maximum Gasteiger partial charge on any atom is 0.00671 e. The molecule has 1 saturated carbocycles. The normalized spacial score (nSPS) is 24.5. The Morgan fingerprint density at radius 1 is 1.33 bits per heavy atom. The van der Waals surface area contributed by atoms with Crippen molar-refractivity contribution < 1.29 is 0 Å². The molecule has 0 aromatic carbocycles. The van der Waals surface area contributed by atoms with Crippen LogP contribution in [0.1, 0.15) is 58.3 Å². The van der Waals surface area contributed by atoms with Crippen molar-refractivity contribution in [3.63, 3.8) is 0 Å². The van der Waals surface area contributed by atoms with Crippen LogP contribution in [0.4, 0.5) is 0 Å².